The van der Waals surface area contributed by atoms with E-state index in [-0.39, 0.29) is 0 Å². The van der Waals surface area contributed by atoms with Crippen molar-refractivity contribution in [2.45, 2.75) is 0 Å². The smallest absolute Gasteiger partial charge is 0.101 e. The fraction of sp³-hybridized carbons (Fsp3) is 0. The van der Waals surface area contributed by atoms with Crippen molar-refractivity contribution in [1.29, 1.82) is 10.5 Å². The molecule has 4 aromatic heterocycles. The van der Waals surface area contributed by atoms with E-state index in [2.05, 4.69) is 266 Å². The summed E-state index contributed by atoms with van der Waals surface area (Å²) in [5, 5.41) is 34.3. The Morgan fingerprint density at radius 3 is 1.38 bits per heavy atom. The standard InChI is InChI=1S/C72H43N7/c73-44-47-41-69(48(45-74)40-68(47)78-66-39-34-53(43-61(66)70-54-25-11-10-18-46(54)32-37-67(70)78)76-62-29-15-12-26-55(62)56-27-13-16-30-63(56)76)79-65-38-33-52(75(49-19-4-1-5-20-49)50-21-6-2-7-22-50)42-60(65)59-36-35-58-57-28-14-17-31-64(57)77(71(58)72(59)79)51-23-8-3-9-24-51/h1-43H. The van der Waals surface area contributed by atoms with Gasteiger partial charge in [0.15, 0.2) is 0 Å². The molecular weight excluding hydrogens is 963 g/mol. The molecule has 366 valence electrons. The van der Waals surface area contributed by atoms with E-state index in [0.717, 1.165) is 116 Å². The summed E-state index contributed by atoms with van der Waals surface area (Å²) in [7, 11) is 0. The van der Waals surface area contributed by atoms with E-state index in [0.29, 0.717) is 22.5 Å². The predicted molar refractivity (Wildman–Crippen MR) is 325 cm³/mol. The van der Waals surface area contributed by atoms with Gasteiger partial charge in [0.05, 0.1) is 66.6 Å². The maximum Gasteiger partial charge on any atom is 0.101 e. The average Bonchev–Trinajstić information content (AvgIpc) is 3.61. The lowest BCUT2D eigenvalue weighted by Gasteiger charge is -2.25. The molecule has 0 bridgehead atoms. The fourth-order valence-corrected chi connectivity index (χ4v) is 12.9. The highest BCUT2D eigenvalue weighted by atomic mass is 15.1. The minimum absolute atomic E-state index is 0.434. The second kappa shape index (κ2) is 17.2. The first-order valence-corrected chi connectivity index (χ1v) is 26.5. The van der Waals surface area contributed by atoms with Crippen LogP contribution < -0.4 is 4.90 Å². The van der Waals surface area contributed by atoms with Crippen LogP contribution in [0.3, 0.4) is 0 Å². The molecule has 16 rings (SSSR count). The lowest BCUT2D eigenvalue weighted by Crippen LogP contribution is -2.09. The van der Waals surface area contributed by atoms with Crippen molar-refractivity contribution in [3.63, 3.8) is 0 Å². The van der Waals surface area contributed by atoms with Crippen molar-refractivity contribution in [2.24, 2.45) is 0 Å². The summed E-state index contributed by atoms with van der Waals surface area (Å²) in [6.45, 7) is 0. The molecule has 0 saturated heterocycles. The van der Waals surface area contributed by atoms with Gasteiger partial charge in [-0.15, -0.1) is 0 Å². The van der Waals surface area contributed by atoms with E-state index < -0.39 is 0 Å². The number of aromatic nitrogens is 4. The van der Waals surface area contributed by atoms with E-state index in [1.165, 1.54) is 10.8 Å². The summed E-state index contributed by atoms with van der Waals surface area (Å²) in [4.78, 5) is 2.28. The van der Waals surface area contributed by atoms with Gasteiger partial charge >= 0.3 is 0 Å². The van der Waals surface area contributed by atoms with E-state index in [1.807, 2.05) is 30.3 Å². The van der Waals surface area contributed by atoms with Gasteiger partial charge in [0.1, 0.15) is 12.1 Å². The molecule has 7 nitrogen and oxygen atoms in total. The zero-order valence-corrected chi connectivity index (χ0v) is 42.5. The van der Waals surface area contributed by atoms with Gasteiger partial charge in [-0.25, -0.2) is 0 Å². The van der Waals surface area contributed by atoms with Gasteiger partial charge in [-0.1, -0.05) is 152 Å². The van der Waals surface area contributed by atoms with Gasteiger partial charge in [0.2, 0.25) is 0 Å². The molecule has 0 aliphatic carbocycles. The third-order valence-electron chi connectivity index (χ3n) is 16.2. The van der Waals surface area contributed by atoms with Gasteiger partial charge in [-0.2, -0.15) is 10.5 Å². The van der Waals surface area contributed by atoms with Crippen molar-refractivity contribution >= 4 is 115 Å². The third kappa shape index (κ3) is 6.45. The molecule has 0 atom stereocenters. The number of hydrogen-bond donors (Lipinski definition) is 0. The molecule has 0 saturated carbocycles. The number of nitriles is 2. The second-order valence-corrected chi connectivity index (χ2v) is 20.3. The van der Waals surface area contributed by atoms with Gasteiger partial charge in [0, 0.05) is 71.5 Å². The molecule has 12 aromatic carbocycles. The highest BCUT2D eigenvalue weighted by Gasteiger charge is 2.27. The first kappa shape index (κ1) is 44.2. The lowest BCUT2D eigenvalue weighted by atomic mass is 10.0. The molecule has 4 heterocycles. The Labute approximate surface area is 453 Å². The van der Waals surface area contributed by atoms with Crippen LogP contribution in [0.25, 0.3) is 121 Å². The maximum atomic E-state index is 11.7. The third-order valence-corrected chi connectivity index (χ3v) is 16.2. The summed E-state index contributed by atoms with van der Waals surface area (Å²) >= 11 is 0. The van der Waals surface area contributed by atoms with E-state index >= 15 is 0 Å². The summed E-state index contributed by atoms with van der Waals surface area (Å²) in [6.07, 6.45) is 0. The molecule has 0 spiro atoms. The zero-order chi connectivity index (χ0) is 52.3. The molecule has 0 aliphatic rings. The van der Waals surface area contributed by atoms with E-state index in [9.17, 15) is 10.5 Å². The van der Waals surface area contributed by atoms with Crippen LogP contribution in [0.5, 0.6) is 0 Å². The molecule has 0 aliphatic heterocycles. The largest absolute Gasteiger partial charge is 0.310 e. The van der Waals surface area contributed by atoms with Crippen LogP contribution in [-0.2, 0) is 0 Å². The Balaban J connectivity index is 0.992. The SMILES string of the molecule is N#Cc1cc(-n2c3ccc(N(c4ccccc4)c4ccccc4)cc3c3ccc4c5ccccc5n(-c5ccccc5)c4c32)c(C#N)cc1-n1c2ccc(-n3c4ccccc4c4ccccc43)cc2c2c3ccccc3ccc21. The number of benzene rings is 12. The Morgan fingerprint density at radius 1 is 0.278 bits per heavy atom. The number of anilines is 3. The molecule has 7 heteroatoms. The van der Waals surface area contributed by atoms with Gasteiger partial charge in [-0.05, 0) is 120 Å². The first-order valence-electron chi connectivity index (χ1n) is 26.5. The number of para-hydroxylation sites is 6. The van der Waals surface area contributed by atoms with E-state index in [1.54, 1.807) is 0 Å². The Kier molecular flexibility index (Phi) is 9.63. The maximum absolute atomic E-state index is 11.7. The summed E-state index contributed by atoms with van der Waals surface area (Å²) in [5.74, 6) is 0. The number of fused-ring (bicyclic) bond motifs is 15. The van der Waals surface area contributed by atoms with Crippen LogP contribution in [0.2, 0.25) is 0 Å². The summed E-state index contributed by atoms with van der Waals surface area (Å²) < 4.78 is 9.14. The monoisotopic (exact) mass is 1010 g/mol. The van der Waals surface area contributed by atoms with Crippen molar-refractivity contribution in [3.8, 4) is 34.9 Å². The normalized spacial score (nSPS) is 11.8. The molecule has 0 N–H and O–H groups in total. The van der Waals surface area contributed by atoms with Gasteiger partial charge in [0.25, 0.3) is 0 Å². The topological polar surface area (TPSA) is 70.5 Å². The highest BCUT2D eigenvalue weighted by Crippen LogP contribution is 2.46. The average molecular weight is 1010 g/mol. The Bertz CT molecular complexity index is 5180. The van der Waals surface area contributed by atoms with Crippen LogP contribution in [-0.4, -0.2) is 18.3 Å². The minimum Gasteiger partial charge on any atom is -0.310 e. The number of rotatable bonds is 7. The lowest BCUT2D eigenvalue weighted by molar-refractivity contribution is 1.12. The van der Waals surface area contributed by atoms with Crippen LogP contribution in [0, 0.1) is 22.7 Å². The first-order chi connectivity index (χ1) is 39.1. The predicted octanol–water partition coefficient (Wildman–Crippen LogP) is 18.4. The van der Waals surface area contributed by atoms with Gasteiger partial charge < -0.3 is 23.2 Å². The zero-order valence-electron chi connectivity index (χ0n) is 42.5. The molecular formula is C72H43N7. The van der Waals surface area contributed by atoms with Gasteiger partial charge in [-0.3, -0.25) is 0 Å². The Hall–Kier alpha value is -11.1. The quantitative estimate of drug-likeness (QED) is 0.160. The van der Waals surface area contributed by atoms with Crippen LogP contribution in [0.4, 0.5) is 17.1 Å². The Morgan fingerprint density at radius 2 is 0.747 bits per heavy atom. The highest BCUT2D eigenvalue weighted by molar-refractivity contribution is 6.25. The van der Waals surface area contributed by atoms with Crippen LogP contribution in [0.1, 0.15) is 11.1 Å². The van der Waals surface area contributed by atoms with Crippen LogP contribution in [0.15, 0.2) is 261 Å². The molecule has 79 heavy (non-hydrogen) atoms. The van der Waals surface area contributed by atoms with Crippen molar-refractivity contribution < 1.29 is 0 Å². The molecule has 0 radical (unpaired) electrons. The molecule has 0 fully saturated rings. The molecule has 0 unspecified atom stereocenters. The molecule has 16 aromatic rings. The molecule has 0 amide bonds. The second-order valence-electron chi connectivity index (χ2n) is 20.3. The summed E-state index contributed by atoms with van der Waals surface area (Å²) in [6, 6.07) is 97.0. The van der Waals surface area contributed by atoms with Crippen molar-refractivity contribution in [3.05, 3.63) is 272 Å². The van der Waals surface area contributed by atoms with E-state index in [4.69, 9.17) is 0 Å². The number of nitrogens with zero attached hydrogens (tertiary/aromatic N) is 7. The van der Waals surface area contributed by atoms with Crippen molar-refractivity contribution in [2.75, 3.05) is 4.90 Å². The van der Waals surface area contributed by atoms with Crippen LogP contribution >= 0.6 is 0 Å². The fourth-order valence-electron chi connectivity index (χ4n) is 12.9. The number of hydrogen-bond acceptors (Lipinski definition) is 3. The minimum atomic E-state index is 0.434. The van der Waals surface area contributed by atoms with Crippen molar-refractivity contribution in [1.82, 2.24) is 18.3 Å². The summed E-state index contributed by atoms with van der Waals surface area (Å²) in [5.41, 5.74) is 15.3.